The summed E-state index contributed by atoms with van der Waals surface area (Å²) in [5.41, 5.74) is 0.765. The maximum atomic E-state index is 11.8. The van der Waals surface area contributed by atoms with Gasteiger partial charge in [-0.2, -0.15) is 0 Å². The highest BCUT2D eigenvalue weighted by Crippen LogP contribution is 2.40. The van der Waals surface area contributed by atoms with E-state index in [9.17, 15) is 4.79 Å². The van der Waals surface area contributed by atoms with Crippen LogP contribution in [0.4, 0.5) is 0 Å². The molecule has 3 rings (SSSR count). The first-order valence-corrected chi connectivity index (χ1v) is 5.40. The molecule has 1 fully saturated rings. The summed E-state index contributed by atoms with van der Waals surface area (Å²) in [4.78, 5) is 13.6. The van der Waals surface area contributed by atoms with Crippen molar-refractivity contribution in [2.24, 2.45) is 0 Å². The molecule has 0 saturated carbocycles. The van der Waals surface area contributed by atoms with Crippen LogP contribution >= 0.6 is 0 Å². The lowest BCUT2D eigenvalue weighted by Crippen LogP contribution is -2.41. The molecule has 16 heavy (non-hydrogen) atoms. The number of benzene rings is 1. The minimum atomic E-state index is -0.266. The van der Waals surface area contributed by atoms with E-state index in [-0.39, 0.29) is 17.7 Å². The molecule has 0 bridgehead atoms. The molecule has 0 aliphatic carbocycles. The number of hydrogen-bond acceptors (Lipinski definition) is 2. The molecule has 1 aromatic carbocycles. The topological polar surface area (TPSA) is 29.5 Å². The predicted octanol–water partition coefficient (Wildman–Crippen LogP) is 1.87. The number of amides is 1. The molecule has 0 aromatic heterocycles. The Hall–Kier alpha value is -1.61. The zero-order valence-electron chi connectivity index (χ0n) is 9.09. The molecule has 1 unspecified atom stereocenters. The number of fused-ring (bicyclic) bond motifs is 1. The van der Waals surface area contributed by atoms with E-state index in [0.717, 1.165) is 5.56 Å². The Morgan fingerprint density at radius 1 is 1.38 bits per heavy atom. The predicted molar refractivity (Wildman–Crippen MR) is 59.5 cm³/mol. The van der Waals surface area contributed by atoms with Crippen LogP contribution < -0.4 is 0 Å². The standard InChI is InChI=1S/C13H13NO2/c1-13-8-7-11(15)14(13)12(16-9-13)10-5-3-2-4-6-10/h2-8,12H,9H2,1H3/t12?,13-/m1/s1. The van der Waals surface area contributed by atoms with Crippen LogP contribution in [0.1, 0.15) is 18.7 Å². The van der Waals surface area contributed by atoms with E-state index in [1.165, 1.54) is 0 Å². The fraction of sp³-hybridized carbons (Fsp3) is 0.308. The van der Waals surface area contributed by atoms with E-state index in [4.69, 9.17) is 4.74 Å². The fourth-order valence-corrected chi connectivity index (χ4v) is 2.35. The second-order valence-corrected chi connectivity index (χ2v) is 4.47. The van der Waals surface area contributed by atoms with Crippen molar-refractivity contribution in [3.8, 4) is 0 Å². The third kappa shape index (κ3) is 1.21. The molecule has 1 amide bonds. The number of hydrogen-bond donors (Lipinski definition) is 0. The highest BCUT2D eigenvalue weighted by molar-refractivity contribution is 5.92. The van der Waals surface area contributed by atoms with E-state index in [2.05, 4.69) is 0 Å². The summed E-state index contributed by atoms with van der Waals surface area (Å²) < 4.78 is 5.73. The van der Waals surface area contributed by atoms with Crippen LogP contribution in [0.2, 0.25) is 0 Å². The molecule has 1 aromatic rings. The lowest BCUT2D eigenvalue weighted by atomic mass is 10.0. The lowest BCUT2D eigenvalue weighted by molar-refractivity contribution is -0.132. The molecular weight excluding hydrogens is 202 g/mol. The minimum Gasteiger partial charge on any atom is -0.351 e. The summed E-state index contributed by atoms with van der Waals surface area (Å²) in [6, 6.07) is 9.86. The average molecular weight is 215 g/mol. The van der Waals surface area contributed by atoms with Gasteiger partial charge in [-0.1, -0.05) is 36.4 Å². The van der Waals surface area contributed by atoms with Gasteiger partial charge in [0.2, 0.25) is 5.91 Å². The highest BCUT2D eigenvalue weighted by Gasteiger charge is 2.48. The zero-order valence-corrected chi connectivity index (χ0v) is 9.09. The van der Waals surface area contributed by atoms with Crippen LogP contribution in [0.25, 0.3) is 0 Å². The molecule has 2 atom stereocenters. The number of carbonyl (C=O) groups is 1. The van der Waals surface area contributed by atoms with Crippen molar-refractivity contribution in [1.29, 1.82) is 0 Å². The normalized spacial score (nSPS) is 32.2. The Bertz CT molecular complexity index is 454. The smallest absolute Gasteiger partial charge is 0.249 e. The molecule has 2 aliphatic heterocycles. The Balaban J connectivity index is 1.98. The third-order valence-electron chi connectivity index (χ3n) is 3.23. The number of ether oxygens (including phenoxy) is 1. The maximum Gasteiger partial charge on any atom is 0.249 e. The van der Waals surface area contributed by atoms with E-state index in [0.29, 0.717) is 6.61 Å². The highest BCUT2D eigenvalue weighted by atomic mass is 16.5. The van der Waals surface area contributed by atoms with Crippen LogP contribution in [-0.4, -0.2) is 23.0 Å². The number of carbonyl (C=O) groups excluding carboxylic acids is 1. The molecule has 0 N–H and O–H groups in total. The van der Waals surface area contributed by atoms with Gasteiger partial charge in [0.15, 0.2) is 6.23 Å². The van der Waals surface area contributed by atoms with Gasteiger partial charge in [0.1, 0.15) is 0 Å². The van der Waals surface area contributed by atoms with Gasteiger partial charge >= 0.3 is 0 Å². The summed E-state index contributed by atoms with van der Waals surface area (Å²) >= 11 is 0. The van der Waals surface area contributed by atoms with Crippen LogP contribution in [0.5, 0.6) is 0 Å². The molecule has 2 heterocycles. The van der Waals surface area contributed by atoms with Crippen molar-refractivity contribution < 1.29 is 9.53 Å². The fourth-order valence-electron chi connectivity index (χ4n) is 2.35. The van der Waals surface area contributed by atoms with Crippen LogP contribution in [0, 0.1) is 0 Å². The first-order chi connectivity index (χ1) is 7.71. The van der Waals surface area contributed by atoms with Gasteiger partial charge in [-0.05, 0) is 6.92 Å². The molecule has 3 nitrogen and oxygen atoms in total. The summed E-state index contributed by atoms with van der Waals surface area (Å²) in [6.45, 7) is 2.59. The lowest BCUT2D eigenvalue weighted by Gasteiger charge is -2.28. The zero-order chi connectivity index (χ0) is 11.2. The molecule has 3 heteroatoms. The third-order valence-corrected chi connectivity index (χ3v) is 3.23. The monoisotopic (exact) mass is 215 g/mol. The Kier molecular flexibility index (Phi) is 1.91. The van der Waals surface area contributed by atoms with Crippen LogP contribution in [0.3, 0.4) is 0 Å². The first-order valence-electron chi connectivity index (χ1n) is 5.40. The first kappa shape index (κ1) is 9.60. The molecule has 0 spiro atoms. The molecule has 82 valence electrons. The maximum absolute atomic E-state index is 11.8. The Morgan fingerprint density at radius 2 is 2.12 bits per heavy atom. The molecule has 2 aliphatic rings. The quantitative estimate of drug-likeness (QED) is 0.715. The summed E-state index contributed by atoms with van der Waals surface area (Å²) in [5.74, 6) is 0.0360. The number of nitrogens with zero attached hydrogens (tertiary/aromatic N) is 1. The summed E-state index contributed by atoms with van der Waals surface area (Å²) in [5, 5.41) is 0. The van der Waals surface area contributed by atoms with Crippen molar-refractivity contribution in [2.45, 2.75) is 18.7 Å². The second-order valence-electron chi connectivity index (χ2n) is 4.47. The van der Waals surface area contributed by atoms with Gasteiger partial charge in [0.25, 0.3) is 0 Å². The van der Waals surface area contributed by atoms with E-state index in [1.807, 2.05) is 48.2 Å². The van der Waals surface area contributed by atoms with E-state index in [1.54, 1.807) is 6.08 Å². The van der Waals surface area contributed by atoms with Gasteiger partial charge in [-0.3, -0.25) is 9.69 Å². The Labute approximate surface area is 94.3 Å². The van der Waals surface area contributed by atoms with Crippen molar-refractivity contribution in [1.82, 2.24) is 4.90 Å². The molecular formula is C13H13NO2. The van der Waals surface area contributed by atoms with Crippen LogP contribution in [-0.2, 0) is 9.53 Å². The van der Waals surface area contributed by atoms with E-state index >= 15 is 0 Å². The SMILES string of the molecule is C[C@]12C=CC(=O)N1C(c1ccccc1)OC2. The van der Waals surface area contributed by atoms with Gasteiger partial charge < -0.3 is 4.74 Å². The summed E-state index contributed by atoms with van der Waals surface area (Å²) in [6.07, 6.45) is 3.32. The van der Waals surface area contributed by atoms with Crippen molar-refractivity contribution >= 4 is 5.91 Å². The van der Waals surface area contributed by atoms with Gasteiger partial charge in [0, 0.05) is 11.6 Å². The summed E-state index contributed by atoms with van der Waals surface area (Å²) in [7, 11) is 0. The second kappa shape index (κ2) is 3.19. The van der Waals surface area contributed by atoms with E-state index < -0.39 is 0 Å². The average Bonchev–Trinajstić information content (AvgIpc) is 2.78. The van der Waals surface area contributed by atoms with Crippen molar-refractivity contribution in [3.63, 3.8) is 0 Å². The Morgan fingerprint density at radius 3 is 2.88 bits per heavy atom. The van der Waals surface area contributed by atoms with Crippen molar-refractivity contribution in [2.75, 3.05) is 6.61 Å². The largest absolute Gasteiger partial charge is 0.351 e. The van der Waals surface area contributed by atoms with Gasteiger partial charge in [-0.25, -0.2) is 0 Å². The van der Waals surface area contributed by atoms with Gasteiger partial charge in [-0.15, -0.1) is 0 Å². The molecule has 1 saturated heterocycles. The van der Waals surface area contributed by atoms with Crippen molar-refractivity contribution in [3.05, 3.63) is 48.0 Å². The van der Waals surface area contributed by atoms with Gasteiger partial charge in [0.05, 0.1) is 12.1 Å². The van der Waals surface area contributed by atoms with Crippen LogP contribution in [0.15, 0.2) is 42.5 Å². The number of rotatable bonds is 1. The molecule has 0 radical (unpaired) electrons. The minimum absolute atomic E-state index is 0.0360.